The lowest BCUT2D eigenvalue weighted by Gasteiger charge is -2.33. The number of methoxy groups -OCH3 is 1. The molecule has 0 spiro atoms. The molecule has 1 saturated heterocycles. The first-order chi connectivity index (χ1) is 10.1. The molecule has 2 rings (SSSR count). The zero-order valence-corrected chi connectivity index (χ0v) is 11.9. The van der Waals surface area contributed by atoms with Crippen molar-refractivity contribution in [2.45, 2.75) is 18.9 Å². The van der Waals surface area contributed by atoms with Crippen molar-refractivity contribution in [1.82, 2.24) is 4.90 Å². The summed E-state index contributed by atoms with van der Waals surface area (Å²) in [7, 11) is 1.60. The van der Waals surface area contributed by atoms with Gasteiger partial charge in [-0.05, 0) is 17.7 Å². The first kappa shape index (κ1) is 15.3. The fourth-order valence-corrected chi connectivity index (χ4v) is 2.29. The van der Waals surface area contributed by atoms with E-state index in [1.165, 1.54) is 0 Å². The highest BCUT2D eigenvalue weighted by molar-refractivity contribution is 5.80. The number of carboxylic acids is 1. The molecule has 1 aliphatic rings. The number of amides is 1. The normalized spacial score (nSPS) is 18.3. The second kappa shape index (κ2) is 7.08. The van der Waals surface area contributed by atoms with E-state index in [0.717, 1.165) is 11.3 Å². The van der Waals surface area contributed by atoms with Crippen LogP contribution < -0.4 is 4.74 Å². The fourth-order valence-electron chi connectivity index (χ4n) is 2.29. The van der Waals surface area contributed by atoms with E-state index in [4.69, 9.17) is 14.6 Å². The van der Waals surface area contributed by atoms with Gasteiger partial charge in [0.1, 0.15) is 11.9 Å². The number of ether oxygens (including phenoxy) is 2. The molecule has 21 heavy (non-hydrogen) atoms. The molecule has 0 radical (unpaired) electrons. The molecule has 1 aromatic rings. The van der Waals surface area contributed by atoms with Gasteiger partial charge in [0, 0.05) is 13.0 Å². The Balaban J connectivity index is 1.99. The predicted molar refractivity (Wildman–Crippen MR) is 75.1 cm³/mol. The third kappa shape index (κ3) is 4.19. The Morgan fingerprint density at radius 1 is 1.43 bits per heavy atom. The summed E-state index contributed by atoms with van der Waals surface area (Å²) in [6.45, 7) is 1.38. The van der Waals surface area contributed by atoms with Gasteiger partial charge in [-0.15, -0.1) is 0 Å². The highest BCUT2D eigenvalue weighted by Crippen LogP contribution is 2.25. The predicted octanol–water partition coefficient (Wildman–Crippen LogP) is 1.46. The Labute approximate surface area is 123 Å². The average molecular weight is 293 g/mol. The van der Waals surface area contributed by atoms with Crippen LogP contribution in [0.5, 0.6) is 5.75 Å². The number of nitrogens with zero attached hydrogens (tertiary/aromatic N) is 1. The summed E-state index contributed by atoms with van der Waals surface area (Å²) < 4.78 is 10.9. The molecule has 0 saturated carbocycles. The van der Waals surface area contributed by atoms with Crippen molar-refractivity contribution in [3.63, 3.8) is 0 Å². The number of aliphatic carboxylic acids is 1. The molecule has 6 nitrogen and oxygen atoms in total. The highest BCUT2D eigenvalue weighted by atomic mass is 16.5. The van der Waals surface area contributed by atoms with Crippen LogP contribution in [0.1, 0.15) is 24.5 Å². The number of hydrogen-bond acceptors (Lipinski definition) is 4. The standard InChI is InChI=1S/C15H19NO5/c1-20-12-4-2-3-11(9-12)13-10-16(7-8-21-13)14(17)5-6-15(18)19/h2-4,9,13H,5-8,10H2,1H3,(H,18,19). The molecular formula is C15H19NO5. The zero-order chi connectivity index (χ0) is 15.2. The minimum Gasteiger partial charge on any atom is -0.497 e. The van der Waals surface area contributed by atoms with Crippen molar-refractivity contribution in [2.75, 3.05) is 26.8 Å². The van der Waals surface area contributed by atoms with Crippen LogP contribution in [-0.4, -0.2) is 48.7 Å². The molecule has 114 valence electrons. The van der Waals surface area contributed by atoms with Gasteiger partial charge in [-0.1, -0.05) is 12.1 Å². The van der Waals surface area contributed by atoms with E-state index in [-0.39, 0.29) is 24.9 Å². The van der Waals surface area contributed by atoms with Crippen LogP contribution >= 0.6 is 0 Å². The summed E-state index contributed by atoms with van der Waals surface area (Å²) in [5, 5.41) is 8.64. The van der Waals surface area contributed by atoms with E-state index in [1.54, 1.807) is 12.0 Å². The molecule has 0 aromatic heterocycles. The third-order valence-corrected chi connectivity index (χ3v) is 3.44. The van der Waals surface area contributed by atoms with Crippen molar-refractivity contribution in [1.29, 1.82) is 0 Å². The van der Waals surface area contributed by atoms with Gasteiger partial charge in [0.25, 0.3) is 0 Å². The number of benzene rings is 1. The number of carbonyl (C=O) groups excluding carboxylic acids is 1. The van der Waals surface area contributed by atoms with E-state index in [1.807, 2.05) is 24.3 Å². The smallest absolute Gasteiger partial charge is 0.303 e. The topological polar surface area (TPSA) is 76.1 Å². The maximum absolute atomic E-state index is 12.0. The lowest BCUT2D eigenvalue weighted by Crippen LogP contribution is -2.42. The molecule has 0 aliphatic carbocycles. The summed E-state index contributed by atoms with van der Waals surface area (Å²) in [5.41, 5.74) is 0.949. The van der Waals surface area contributed by atoms with Crippen LogP contribution in [0.15, 0.2) is 24.3 Å². The SMILES string of the molecule is COc1cccc(C2CN(C(=O)CCC(=O)O)CCO2)c1. The van der Waals surface area contributed by atoms with Crippen LogP contribution in [0.4, 0.5) is 0 Å². The number of rotatable bonds is 5. The van der Waals surface area contributed by atoms with Gasteiger partial charge in [-0.3, -0.25) is 9.59 Å². The fraction of sp³-hybridized carbons (Fsp3) is 0.467. The molecule has 1 N–H and O–H groups in total. The summed E-state index contributed by atoms with van der Waals surface area (Å²) >= 11 is 0. The monoisotopic (exact) mass is 293 g/mol. The van der Waals surface area contributed by atoms with Gasteiger partial charge in [-0.2, -0.15) is 0 Å². The summed E-state index contributed by atoms with van der Waals surface area (Å²) in [5.74, 6) is -0.361. The summed E-state index contributed by atoms with van der Waals surface area (Å²) in [6, 6.07) is 7.54. The lowest BCUT2D eigenvalue weighted by atomic mass is 10.1. The van der Waals surface area contributed by atoms with Gasteiger partial charge in [0.15, 0.2) is 0 Å². The van der Waals surface area contributed by atoms with Crippen LogP contribution in [0.2, 0.25) is 0 Å². The number of carbonyl (C=O) groups is 2. The van der Waals surface area contributed by atoms with E-state index in [2.05, 4.69) is 0 Å². The molecule has 1 unspecified atom stereocenters. The minimum atomic E-state index is -0.957. The molecular weight excluding hydrogens is 274 g/mol. The van der Waals surface area contributed by atoms with Gasteiger partial charge < -0.3 is 19.5 Å². The molecule has 1 aromatic carbocycles. The Kier molecular flexibility index (Phi) is 5.16. The Morgan fingerprint density at radius 3 is 2.95 bits per heavy atom. The second-order valence-electron chi connectivity index (χ2n) is 4.87. The van der Waals surface area contributed by atoms with Crippen molar-refractivity contribution in [3.05, 3.63) is 29.8 Å². The highest BCUT2D eigenvalue weighted by Gasteiger charge is 2.25. The third-order valence-electron chi connectivity index (χ3n) is 3.44. The molecule has 6 heteroatoms. The summed E-state index contributed by atoms with van der Waals surface area (Å²) in [4.78, 5) is 24.2. The van der Waals surface area contributed by atoms with Crippen LogP contribution in [0, 0.1) is 0 Å². The van der Waals surface area contributed by atoms with Gasteiger partial charge in [-0.25, -0.2) is 0 Å². The van der Waals surface area contributed by atoms with Crippen LogP contribution in [0.25, 0.3) is 0 Å². The van der Waals surface area contributed by atoms with E-state index < -0.39 is 5.97 Å². The van der Waals surface area contributed by atoms with Crippen molar-refractivity contribution >= 4 is 11.9 Å². The van der Waals surface area contributed by atoms with Gasteiger partial charge >= 0.3 is 5.97 Å². The Bertz CT molecular complexity index is 517. The van der Waals surface area contributed by atoms with Crippen molar-refractivity contribution in [2.24, 2.45) is 0 Å². The van der Waals surface area contributed by atoms with Crippen molar-refractivity contribution in [3.8, 4) is 5.75 Å². The maximum atomic E-state index is 12.0. The first-order valence-electron chi connectivity index (χ1n) is 6.85. The van der Waals surface area contributed by atoms with Gasteiger partial charge in [0.05, 0.1) is 26.7 Å². The molecule has 1 aliphatic heterocycles. The number of hydrogen-bond donors (Lipinski definition) is 1. The molecule has 1 atom stereocenters. The van der Waals surface area contributed by atoms with Crippen molar-refractivity contribution < 1.29 is 24.2 Å². The maximum Gasteiger partial charge on any atom is 0.303 e. The molecule has 1 fully saturated rings. The van der Waals surface area contributed by atoms with Crippen LogP contribution in [-0.2, 0) is 14.3 Å². The molecule has 1 amide bonds. The number of carboxylic acid groups (broad SMARTS) is 1. The van der Waals surface area contributed by atoms with Gasteiger partial charge in [0.2, 0.25) is 5.91 Å². The molecule has 1 heterocycles. The van der Waals surface area contributed by atoms with E-state index in [9.17, 15) is 9.59 Å². The minimum absolute atomic E-state index is 0.0279. The number of morpholine rings is 1. The van der Waals surface area contributed by atoms with E-state index in [0.29, 0.717) is 19.7 Å². The quantitative estimate of drug-likeness (QED) is 0.889. The first-order valence-corrected chi connectivity index (χ1v) is 6.85. The lowest BCUT2D eigenvalue weighted by molar-refractivity contribution is -0.144. The summed E-state index contributed by atoms with van der Waals surface area (Å²) in [6.07, 6.45) is -0.317. The average Bonchev–Trinajstić information content (AvgIpc) is 2.52. The largest absolute Gasteiger partial charge is 0.497 e. The Hall–Kier alpha value is -2.08. The van der Waals surface area contributed by atoms with Crippen LogP contribution in [0.3, 0.4) is 0 Å². The second-order valence-corrected chi connectivity index (χ2v) is 4.87. The van der Waals surface area contributed by atoms with E-state index >= 15 is 0 Å². The Morgan fingerprint density at radius 2 is 2.24 bits per heavy atom. The molecule has 0 bridgehead atoms. The zero-order valence-electron chi connectivity index (χ0n) is 11.9.